The van der Waals surface area contributed by atoms with Crippen LogP contribution in [0.2, 0.25) is 0 Å². The number of carboxylic acid groups (broad SMARTS) is 2. The number of hydrogen-bond acceptors (Lipinski definition) is 5. The normalized spacial score (nSPS) is 11.7. The van der Waals surface area contributed by atoms with Crippen molar-refractivity contribution in [2.75, 3.05) is 13.1 Å². The van der Waals surface area contributed by atoms with Gasteiger partial charge < -0.3 is 15.2 Å². The minimum Gasteiger partial charge on any atom is -0.480 e. The van der Waals surface area contributed by atoms with Crippen LogP contribution in [0.15, 0.2) is 17.2 Å². The summed E-state index contributed by atoms with van der Waals surface area (Å²) in [5, 5.41) is 17.3. The zero-order chi connectivity index (χ0) is 14.6. The second kappa shape index (κ2) is 5.82. The highest BCUT2D eigenvalue weighted by Gasteiger charge is 2.17. The van der Waals surface area contributed by atoms with Gasteiger partial charge in [0.05, 0.1) is 13.1 Å². The Morgan fingerprint density at radius 1 is 1.21 bits per heavy atom. The average Bonchev–Trinajstić information content (AvgIpc) is 2.62. The molecule has 0 aromatic carbocycles. The zero-order valence-electron chi connectivity index (χ0n) is 9.61. The largest absolute Gasteiger partial charge is 0.480 e. The number of aromatic amines is 1. The number of nitrogens with one attached hydrogen (secondary N) is 1. The second-order valence-corrected chi connectivity index (χ2v) is 5.19. The summed E-state index contributed by atoms with van der Waals surface area (Å²) in [4.78, 5) is 24.4. The molecule has 106 valence electrons. The third kappa shape index (κ3) is 5.07. The molecule has 0 unspecified atom stereocenters. The van der Waals surface area contributed by atoms with Gasteiger partial charge in [0.1, 0.15) is 4.90 Å². The predicted molar refractivity (Wildman–Crippen MR) is 61.2 cm³/mol. The number of aliphatic carboxylic acids is 2. The molecular formula is C9H12N2O7S. The monoisotopic (exact) mass is 292 g/mol. The van der Waals surface area contributed by atoms with E-state index < -0.39 is 35.1 Å². The summed E-state index contributed by atoms with van der Waals surface area (Å²) in [6.45, 7) is -1.12. The summed E-state index contributed by atoms with van der Waals surface area (Å²) < 4.78 is 30.4. The van der Waals surface area contributed by atoms with Crippen molar-refractivity contribution in [3.8, 4) is 0 Å². The van der Waals surface area contributed by atoms with Crippen molar-refractivity contribution >= 4 is 22.1 Å². The molecule has 1 rings (SSSR count). The number of hydrogen-bond donors (Lipinski definition) is 4. The quantitative estimate of drug-likeness (QED) is 0.479. The van der Waals surface area contributed by atoms with Crippen LogP contribution < -0.4 is 0 Å². The van der Waals surface area contributed by atoms with Crippen LogP contribution in [0.4, 0.5) is 0 Å². The number of nitrogens with zero attached hydrogens (tertiary/aromatic N) is 1. The number of aromatic nitrogens is 1. The number of rotatable bonds is 7. The van der Waals surface area contributed by atoms with Crippen LogP contribution in [0.1, 0.15) is 5.69 Å². The molecule has 0 atom stereocenters. The Hall–Kier alpha value is -1.91. The van der Waals surface area contributed by atoms with Gasteiger partial charge in [-0.3, -0.25) is 19.0 Å². The van der Waals surface area contributed by atoms with Crippen LogP contribution in [0.5, 0.6) is 0 Å². The maximum Gasteiger partial charge on any atom is 0.317 e. The van der Waals surface area contributed by atoms with E-state index >= 15 is 0 Å². The van der Waals surface area contributed by atoms with Crippen LogP contribution in [0.3, 0.4) is 0 Å². The van der Waals surface area contributed by atoms with Gasteiger partial charge in [-0.05, 0) is 6.07 Å². The molecule has 10 heteroatoms. The van der Waals surface area contributed by atoms with Gasteiger partial charge in [-0.15, -0.1) is 0 Å². The maximum absolute atomic E-state index is 10.8. The highest BCUT2D eigenvalue weighted by atomic mass is 32.2. The first-order valence-corrected chi connectivity index (χ1v) is 6.43. The van der Waals surface area contributed by atoms with E-state index in [1.807, 2.05) is 0 Å². The van der Waals surface area contributed by atoms with Gasteiger partial charge in [0, 0.05) is 18.4 Å². The van der Waals surface area contributed by atoms with E-state index in [0.29, 0.717) is 0 Å². The lowest BCUT2D eigenvalue weighted by Crippen LogP contribution is -2.34. The van der Waals surface area contributed by atoms with Crippen LogP contribution in [0, 0.1) is 0 Å². The van der Waals surface area contributed by atoms with Crippen LogP contribution in [-0.4, -0.2) is 58.1 Å². The maximum atomic E-state index is 10.8. The van der Waals surface area contributed by atoms with Crippen LogP contribution >= 0.6 is 0 Å². The fraction of sp³-hybridized carbons (Fsp3) is 0.333. The number of H-pyrrole nitrogens is 1. The minimum atomic E-state index is -4.35. The van der Waals surface area contributed by atoms with E-state index in [1.165, 1.54) is 0 Å². The minimum absolute atomic E-state index is 0.103. The standard InChI is InChI=1S/C9H12N2O7S/c12-8(13)4-11(5-9(14)15)3-6-1-7(2-10-6)19(16,17)18/h1-2,10H,3-5H2,(H,12,13)(H,14,15)(H,16,17,18). The third-order valence-corrected chi connectivity index (χ3v) is 2.96. The molecule has 0 saturated heterocycles. The highest BCUT2D eigenvalue weighted by molar-refractivity contribution is 7.85. The van der Waals surface area contributed by atoms with Crippen molar-refractivity contribution in [1.29, 1.82) is 0 Å². The van der Waals surface area contributed by atoms with Crippen molar-refractivity contribution in [3.05, 3.63) is 18.0 Å². The fourth-order valence-electron chi connectivity index (χ4n) is 1.45. The topological polar surface area (TPSA) is 148 Å². The average molecular weight is 292 g/mol. The van der Waals surface area contributed by atoms with Crippen molar-refractivity contribution in [3.63, 3.8) is 0 Å². The van der Waals surface area contributed by atoms with Gasteiger partial charge in [-0.2, -0.15) is 8.42 Å². The van der Waals surface area contributed by atoms with Crippen molar-refractivity contribution in [1.82, 2.24) is 9.88 Å². The summed E-state index contributed by atoms with van der Waals surface area (Å²) in [7, 11) is -4.35. The first-order valence-electron chi connectivity index (χ1n) is 4.99. The molecule has 1 aromatic rings. The van der Waals surface area contributed by atoms with Gasteiger partial charge in [-0.25, -0.2) is 0 Å². The molecule has 0 amide bonds. The second-order valence-electron chi connectivity index (χ2n) is 3.77. The van der Waals surface area contributed by atoms with Crippen LogP contribution in [-0.2, 0) is 26.3 Å². The van der Waals surface area contributed by atoms with Gasteiger partial charge in [0.2, 0.25) is 0 Å². The summed E-state index contributed by atoms with van der Waals surface area (Å²) in [5.74, 6) is -2.41. The van der Waals surface area contributed by atoms with Gasteiger partial charge in [0.15, 0.2) is 0 Å². The molecule has 19 heavy (non-hydrogen) atoms. The van der Waals surface area contributed by atoms with E-state index in [0.717, 1.165) is 17.2 Å². The first-order chi connectivity index (χ1) is 8.68. The molecule has 4 N–H and O–H groups in total. The Labute approximate surface area is 108 Å². The van der Waals surface area contributed by atoms with E-state index in [-0.39, 0.29) is 17.1 Å². The molecule has 0 aliphatic heterocycles. The number of carboxylic acids is 2. The first kappa shape index (κ1) is 15.1. The lowest BCUT2D eigenvalue weighted by atomic mass is 10.3. The Kier molecular flexibility index (Phi) is 4.64. The molecule has 1 aromatic heterocycles. The third-order valence-electron chi connectivity index (χ3n) is 2.13. The van der Waals surface area contributed by atoms with Gasteiger partial charge in [0.25, 0.3) is 10.1 Å². The molecule has 0 saturated carbocycles. The molecule has 0 fully saturated rings. The Morgan fingerprint density at radius 3 is 2.11 bits per heavy atom. The van der Waals surface area contributed by atoms with Gasteiger partial charge in [-0.1, -0.05) is 0 Å². The van der Waals surface area contributed by atoms with E-state index in [2.05, 4.69) is 4.98 Å². The zero-order valence-corrected chi connectivity index (χ0v) is 10.4. The molecule has 0 spiro atoms. The predicted octanol–water partition coefficient (Wildman–Crippen LogP) is -0.767. The Morgan fingerprint density at radius 2 is 1.74 bits per heavy atom. The Balaban J connectivity index is 2.81. The molecule has 0 aliphatic rings. The lowest BCUT2D eigenvalue weighted by molar-refractivity contribution is -0.142. The molecule has 9 nitrogen and oxygen atoms in total. The summed E-state index contributed by atoms with van der Waals surface area (Å²) in [6.07, 6.45) is 1.03. The SMILES string of the molecule is O=C(O)CN(CC(=O)O)Cc1cc(S(=O)(=O)O)c[nH]1. The summed E-state index contributed by atoms with van der Waals surface area (Å²) >= 11 is 0. The summed E-state index contributed by atoms with van der Waals surface area (Å²) in [5.41, 5.74) is 0.273. The molecular weight excluding hydrogens is 280 g/mol. The molecule has 0 aliphatic carbocycles. The smallest absolute Gasteiger partial charge is 0.317 e. The van der Waals surface area contributed by atoms with Crippen molar-refractivity contribution < 1.29 is 32.8 Å². The highest BCUT2D eigenvalue weighted by Crippen LogP contribution is 2.11. The Bertz CT molecular complexity index is 561. The molecule has 0 radical (unpaired) electrons. The van der Waals surface area contributed by atoms with Gasteiger partial charge >= 0.3 is 11.9 Å². The number of carbonyl (C=O) groups is 2. The summed E-state index contributed by atoms with van der Waals surface area (Å²) in [6, 6.07) is 1.10. The van der Waals surface area contributed by atoms with Crippen molar-refractivity contribution in [2.45, 2.75) is 11.4 Å². The van der Waals surface area contributed by atoms with Crippen LogP contribution in [0.25, 0.3) is 0 Å². The fourth-order valence-corrected chi connectivity index (χ4v) is 1.95. The lowest BCUT2D eigenvalue weighted by Gasteiger charge is -2.16. The molecule has 1 heterocycles. The van der Waals surface area contributed by atoms with E-state index in [4.69, 9.17) is 14.8 Å². The van der Waals surface area contributed by atoms with E-state index in [9.17, 15) is 18.0 Å². The van der Waals surface area contributed by atoms with E-state index in [1.54, 1.807) is 0 Å². The molecule has 0 bridgehead atoms. The van der Waals surface area contributed by atoms with Crippen molar-refractivity contribution in [2.24, 2.45) is 0 Å².